The number of nitrogens with zero attached hydrogens (tertiary/aromatic N) is 2. The first-order valence-corrected chi connectivity index (χ1v) is 6.29. The van der Waals surface area contributed by atoms with Gasteiger partial charge in [-0.15, -0.1) is 0 Å². The van der Waals surface area contributed by atoms with E-state index in [4.69, 9.17) is 10.5 Å². The molecule has 0 saturated carbocycles. The first kappa shape index (κ1) is 13.9. The zero-order valence-corrected chi connectivity index (χ0v) is 11.8. The second-order valence-corrected chi connectivity index (χ2v) is 4.75. The molecule has 6 heteroatoms. The number of carbonyl (C=O) groups is 1. The molecular weight excluding hydrogens is 256 g/mol. The number of nitrogens with two attached hydrogens (primary N) is 1. The van der Waals surface area contributed by atoms with Gasteiger partial charge in [0.05, 0.1) is 19.0 Å². The summed E-state index contributed by atoms with van der Waals surface area (Å²) < 4.78 is 6.87. The smallest absolute Gasteiger partial charge is 0.255 e. The maximum Gasteiger partial charge on any atom is 0.255 e. The Morgan fingerprint density at radius 1 is 1.40 bits per heavy atom. The molecule has 2 aromatic rings. The summed E-state index contributed by atoms with van der Waals surface area (Å²) in [5.74, 6) is 0.298. The van der Waals surface area contributed by atoms with Gasteiger partial charge in [0.25, 0.3) is 5.91 Å². The van der Waals surface area contributed by atoms with Crippen molar-refractivity contribution in [2.75, 3.05) is 18.2 Å². The summed E-state index contributed by atoms with van der Waals surface area (Å²) in [6, 6.07) is 5.14. The molecule has 0 saturated heterocycles. The van der Waals surface area contributed by atoms with Crippen molar-refractivity contribution < 1.29 is 9.53 Å². The molecule has 0 spiro atoms. The lowest BCUT2D eigenvalue weighted by molar-refractivity contribution is 0.102. The number of carbonyl (C=O) groups excluding carboxylic acids is 1. The van der Waals surface area contributed by atoms with Crippen LogP contribution < -0.4 is 15.8 Å². The molecule has 0 aliphatic rings. The quantitative estimate of drug-likeness (QED) is 0.838. The summed E-state index contributed by atoms with van der Waals surface area (Å²) in [6.07, 6.45) is 3.40. The van der Waals surface area contributed by atoms with Gasteiger partial charge in [-0.05, 0) is 26.0 Å². The van der Waals surface area contributed by atoms with E-state index < -0.39 is 0 Å². The molecule has 0 unspecified atom stereocenters. The summed E-state index contributed by atoms with van der Waals surface area (Å²) >= 11 is 0. The third-order valence-corrected chi connectivity index (χ3v) is 2.82. The molecule has 20 heavy (non-hydrogen) atoms. The van der Waals surface area contributed by atoms with Gasteiger partial charge in [-0.1, -0.05) is 0 Å². The number of ether oxygens (including phenoxy) is 1. The average molecular weight is 274 g/mol. The number of methoxy groups -OCH3 is 1. The molecule has 0 fully saturated rings. The van der Waals surface area contributed by atoms with Crippen LogP contribution in [0.3, 0.4) is 0 Å². The third-order valence-electron chi connectivity index (χ3n) is 2.82. The Morgan fingerprint density at radius 3 is 2.75 bits per heavy atom. The van der Waals surface area contributed by atoms with Crippen molar-refractivity contribution in [1.82, 2.24) is 9.78 Å². The standard InChI is InChI=1S/C14H18N4O2/c1-9(2)18-8-12(7-16-18)17-14(19)10-4-11(15)6-13(5-10)20-3/h4-9H,15H2,1-3H3,(H,17,19). The van der Waals surface area contributed by atoms with Gasteiger partial charge in [0.1, 0.15) is 5.75 Å². The Kier molecular flexibility index (Phi) is 3.93. The predicted octanol–water partition coefficient (Wildman–Crippen LogP) is 2.31. The molecule has 0 radical (unpaired) electrons. The minimum atomic E-state index is -0.251. The number of hydrogen-bond acceptors (Lipinski definition) is 4. The van der Waals surface area contributed by atoms with Crippen molar-refractivity contribution in [3.8, 4) is 5.75 Å². The van der Waals surface area contributed by atoms with Crippen molar-refractivity contribution in [3.63, 3.8) is 0 Å². The maximum absolute atomic E-state index is 12.2. The molecule has 0 bridgehead atoms. The fraction of sp³-hybridized carbons (Fsp3) is 0.286. The number of amides is 1. The van der Waals surface area contributed by atoms with Crippen molar-refractivity contribution in [1.29, 1.82) is 0 Å². The van der Waals surface area contributed by atoms with Crippen molar-refractivity contribution in [3.05, 3.63) is 36.2 Å². The normalized spacial score (nSPS) is 10.6. The third kappa shape index (κ3) is 3.09. The molecular formula is C14H18N4O2. The van der Waals surface area contributed by atoms with Gasteiger partial charge >= 0.3 is 0 Å². The van der Waals surface area contributed by atoms with Gasteiger partial charge < -0.3 is 15.8 Å². The van der Waals surface area contributed by atoms with Gasteiger partial charge in [0.2, 0.25) is 0 Å². The Labute approximate surface area is 117 Å². The van der Waals surface area contributed by atoms with E-state index in [1.165, 1.54) is 7.11 Å². The van der Waals surface area contributed by atoms with E-state index in [1.54, 1.807) is 35.3 Å². The lowest BCUT2D eigenvalue weighted by Gasteiger charge is -2.07. The fourth-order valence-electron chi connectivity index (χ4n) is 1.76. The minimum Gasteiger partial charge on any atom is -0.497 e. The van der Waals surface area contributed by atoms with Crippen LogP contribution in [0.15, 0.2) is 30.6 Å². The van der Waals surface area contributed by atoms with Crippen LogP contribution in [0, 0.1) is 0 Å². The van der Waals surface area contributed by atoms with Gasteiger partial charge in [0.15, 0.2) is 0 Å². The highest BCUT2D eigenvalue weighted by Gasteiger charge is 2.10. The van der Waals surface area contributed by atoms with E-state index >= 15 is 0 Å². The molecule has 1 aromatic carbocycles. The number of rotatable bonds is 4. The zero-order chi connectivity index (χ0) is 14.7. The molecule has 6 nitrogen and oxygen atoms in total. The number of aromatic nitrogens is 2. The molecule has 106 valence electrons. The Balaban J connectivity index is 2.16. The Morgan fingerprint density at radius 2 is 2.15 bits per heavy atom. The lowest BCUT2D eigenvalue weighted by Crippen LogP contribution is -2.12. The van der Waals surface area contributed by atoms with Crippen LogP contribution in [0.25, 0.3) is 0 Å². The fourth-order valence-corrected chi connectivity index (χ4v) is 1.76. The molecule has 1 amide bonds. The van der Waals surface area contributed by atoms with Crippen LogP contribution in [0.2, 0.25) is 0 Å². The Hall–Kier alpha value is -2.50. The maximum atomic E-state index is 12.2. The number of nitrogen functional groups attached to an aromatic ring is 1. The van der Waals surface area contributed by atoms with E-state index in [0.717, 1.165) is 0 Å². The number of benzene rings is 1. The van der Waals surface area contributed by atoms with Gasteiger partial charge in [0, 0.05) is 29.6 Å². The minimum absolute atomic E-state index is 0.244. The first-order chi connectivity index (χ1) is 9.49. The summed E-state index contributed by atoms with van der Waals surface area (Å²) in [4.78, 5) is 12.2. The van der Waals surface area contributed by atoms with Gasteiger partial charge in [-0.25, -0.2) is 0 Å². The molecule has 1 aromatic heterocycles. The highest BCUT2D eigenvalue weighted by molar-refractivity contribution is 6.04. The zero-order valence-electron chi connectivity index (χ0n) is 11.8. The van der Waals surface area contributed by atoms with Crippen LogP contribution in [-0.2, 0) is 0 Å². The molecule has 3 N–H and O–H groups in total. The summed E-state index contributed by atoms with van der Waals surface area (Å²) in [6.45, 7) is 4.03. The van der Waals surface area contributed by atoms with Gasteiger partial charge in [-0.2, -0.15) is 5.10 Å². The van der Waals surface area contributed by atoms with Crippen LogP contribution in [0.5, 0.6) is 5.75 Å². The Bertz CT molecular complexity index is 619. The average Bonchev–Trinajstić information content (AvgIpc) is 2.86. The van der Waals surface area contributed by atoms with Crippen LogP contribution in [0.1, 0.15) is 30.2 Å². The van der Waals surface area contributed by atoms with Gasteiger partial charge in [-0.3, -0.25) is 9.48 Å². The van der Waals surface area contributed by atoms with Crippen LogP contribution >= 0.6 is 0 Å². The number of anilines is 2. The van der Waals surface area contributed by atoms with E-state index in [0.29, 0.717) is 22.7 Å². The van der Waals surface area contributed by atoms with E-state index in [9.17, 15) is 4.79 Å². The predicted molar refractivity (Wildman–Crippen MR) is 78.0 cm³/mol. The van der Waals surface area contributed by atoms with Crippen molar-refractivity contribution in [2.24, 2.45) is 0 Å². The van der Waals surface area contributed by atoms with E-state index in [-0.39, 0.29) is 11.9 Å². The molecule has 1 heterocycles. The number of nitrogens with one attached hydrogen (secondary N) is 1. The topological polar surface area (TPSA) is 82.2 Å². The summed E-state index contributed by atoms with van der Waals surface area (Å²) in [7, 11) is 1.53. The van der Waals surface area contributed by atoms with E-state index in [2.05, 4.69) is 10.4 Å². The van der Waals surface area contributed by atoms with Crippen LogP contribution in [0.4, 0.5) is 11.4 Å². The molecule has 0 aliphatic carbocycles. The SMILES string of the molecule is COc1cc(N)cc(C(=O)Nc2cnn(C(C)C)c2)c1. The first-order valence-electron chi connectivity index (χ1n) is 6.29. The lowest BCUT2D eigenvalue weighted by atomic mass is 10.1. The highest BCUT2D eigenvalue weighted by Crippen LogP contribution is 2.19. The summed E-state index contributed by atoms with van der Waals surface area (Å²) in [5.41, 5.74) is 7.30. The number of hydrogen-bond donors (Lipinski definition) is 2. The van der Waals surface area contributed by atoms with Crippen molar-refractivity contribution >= 4 is 17.3 Å². The van der Waals surface area contributed by atoms with Crippen molar-refractivity contribution in [2.45, 2.75) is 19.9 Å². The second-order valence-electron chi connectivity index (χ2n) is 4.75. The van der Waals surface area contributed by atoms with Crippen LogP contribution in [-0.4, -0.2) is 22.8 Å². The molecule has 0 aliphatic heterocycles. The largest absolute Gasteiger partial charge is 0.497 e. The molecule has 0 atom stereocenters. The van der Waals surface area contributed by atoms with E-state index in [1.807, 2.05) is 13.8 Å². The monoisotopic (exact) mass is 274 g/mol. The molecule has 2 rings (SSSR count). The summed E-state index contributed by atoms with van der Waals surface area (Å²) in [5, 5.41) is 6.94. The second kappa shape index (κ2) is 5.64. The highest BCUT2D eigenvalue weighted by atomic mass is 16.5.